The predicted molar refractivity (Wildman–Crippen MR) is 120 cm³/mol. The van der Waals surface area contributed by atoms with Gasteiger partial charge in [-0.15, -0.1) is 5.53 Å². The first-order chi connectivity index (χ1) is 15.8. The molecule has 1 fully saturated rings. The zero-order valence-electron chi connectivity index (χ0n) is 18.9. The van der Waals surface area contributed by atoms with Crippen molar-refractivity contribution in [1.82, 2.24) is 25.9 Å². The third kappa shape index (κ3) is 5.86. The monoisotopic (exact) mass is 457 g/mol. The minimum absolute atomic E-state index is 0.119. The van der Waals surface area contributed by atoms with Crippen molar-refractivity contribution in [3.63, 3.8) is 0 Å². The van der Waals surface area contributed by atoms with Crippen molar-refractivity contribution < 1.29 is 18.7 Å². The van der Waals surface area contributed by atoms with Crippen LogP contribution in [0, 0.1) is 5.82 Å². The van der Waals surface area contributed by atoms with Gasteiger partial charge in [-0.3, -0.25) is 0 Å². The fourth-order valence-electron chi connectivity index (χ4n) is 3.57. The number of aromatic nitrogens is 2. The molecule has 0 saturated carbocycles. The molecule has 0 spiro atoms. The molecule has 0 unspecified atom stereocenters. The molecule has 1 aromatic carbocycles. The number of nitrogens with one attached hydrogen (secondary N) is 2. The topological polar surface area (TPSA) is 104 Å². The lowest BCUT2D eigenvalue weighted by Gasteiger charge is -2.32. The Morgan fingerprint density at radius 3 is 2.70 bits per heavy atom. The molecule has 33 heavy (non-hydrogen) atoms. The number of nitrogens with zero attached hydrogens (tertiary/aromatic N) is 5. The lowest BCUT2D eigenvalue weighted by molar-refractivity contribution is 0.0203. The molecule has 176 valence electrons. The van der Waals surface area contributed by atoms with E-state index in [1.807, 2.05) is 20.8 Å². The van der Waals surface area contributed by atoms with Crippen molar-refractivity contribution in [1.29, 1.82) is 0 Å². The molecular weight excluding hydrogens is 429 g/mol. The summed E-state index contributed by atoms with van der Waals surface area (Å²) in [6.07, 6.45) is 4.40. The van der Waals surface area contributed by atoms with E-state index >= 15 is 0 Å². The minimum Gasteiger partial charge on any atom is -0.484 e. The van der Waals surface area contributed by atoms with Crippen LogP contribution in [-0.2, 0) is 11.3 Å². The maximum Gasteiger partial charge on any atom is 0.410 e. The molecule has 3 heterocycles. The van der Waals surface area contributed by atoms with Gasteiger partial charge in [0.2, 0.25) is 0 Å². The highest BCUT2D eigenvalue weighted by Crippen LogP contribution is 2.27. The first-order valence-corrected chi connectivity index (χ1v) is 10.8. The summed E-state index contributed by atoms with van der Waals surface area (Å²) in [5.41, 5.74) is 6.02. The molecule has 2 aliphatic rings. The van der Waals surface area contributed by atoms with Crippen molar-refractivity contribution in [2.75, 3.05) is 18.1 Å². The third-order valence-electron chi connectivity index (χ3n) is 5.22. The normalized spacial score (nSPS) is 16.6. The number of halogens is 1. The van der Waals surface area contributed by atoms with Gasteiger partial charge >= 0.3 is 6.09 Å². The SMILES string of the molecule is CC(C)(C)OC(=O)N1CCC(c2nccc(COc3ccc(N4C=NNN4)cc3F)n2)CC1. The van der Waals surface area contributed by atoms with Crippen LogP contribution < -0.4 is 20.8 Å². The molecule has 0 atom stereocenters. The van der Waals surface area contributed by atoms with Crippen LogP contribution in [-0.4, -0.2) is 46.0 Å². The van der Waals surface area contributed by atoms with Gasteiger partial charge in [-0.25, -0.2) is 29.7 Å². The van der Waals surface area contributed by atoms with Gasteiger partial charge in [-0.05, 0) is 51.8 Å². The van der Waals surface area contributed by atoms with Crippen LogP contribution in [0.15, 0.2) is 35.6 Å². The minimum atomic E-state index is -0.512. The average Bonchev–Trinajstić information content (AvgIpc) is 3.32. The van der Waals surface area contributed by atoms with E-state index in [-0.39, 0.29) is 24.4 Å². The number of rotatable bonds is 5. The van der Waals surface area contributed by atoms with Crippen LogP contribution in [0.5, 0.6) is 5.75 Å². The van der Waals surface area contributed by atoms with E-state index in [2.05, 4.69) is 26.1 Å². The Labute approximate surface area is 191 Å². The van der Waals surface area contributed by atoms with E-state index in [0.29, 0.717) is 30.3 Å². The zero-order chi connectivity index (χ0) is 23.4. The van der Waals surface area contributed by atoms with Crippen molar-refractivity contribution in [2.24, 2.45) is 5.10 Å². The molecule has 1 saturated heterocycles. The summed E-state index contributed by atoms with van der Waals surface area (Å²) in [6.45, 7) is 6.87. The molecule has 4 rings (SSSR count). The fraction of sp³-hybridized carbons (Fsp3) is 0.455. The number of anilines is 1. The fourth-order valence-corrected chi connectivity index (χ4v) is 3.57. The number of hydrogen-bond acceptors (Lipinski definition) is 9. The van der Waals surface area contributed by atoms with E-state index in [1.54, 1.807) is 29.3 Å². The van der Waals surface area contributed by atoms with E-state index in [0.717, 1.165) is 12.8 Å². The summed E-state index contributed by atoms with van der Waals surface area (Å²) in [5, 5.41) is 5.33. The molecule has 2 aliphatic heterocycles. The molecule has 2 N–H and O–H groups in total. The Balaban J connectivity index is 1.32. The van der Waals surface area contributed by atoms with Gasteiger partial charge in [0.05, 0.1) is 11.4 Å². The predicted octanol–water partition coefficient (Wildman–Crippen LogP) is 3.08. The van der Waals surface area contributed by atoms with Crippen molar-refractivity contribution in [3.05, 3.63) is 47.8 Å². The van der Waals surface area contributed by atoms with Crippen LogP contribution >= 0.6 is 0 Å². The summed E-state index contributed by atoms with van der Waals surface area (Å²) in [6, 6.07) is 6.38. The molecule has 11 heteroatoms. The molecule has 2 aromatic rings. The average molecular weight is 458 g/mol. The van der Waals surface area contributed by atoms with E-state index in [4.69, 9.17) is 9.47 Å². The number of likely N-dealkylation sites (tertiary alicyclic amines) is 1. The zero-order valence-corrected chi connectivity index (χ0v) is 18.9. The molecule has 0 aliphatic carbocycles. The highest BCUT2D eigenvalue weighted by molar-refractivity contribution is 5.78. The maximum absolute atomic E-state index is 14.5. The maximum atomic E-state index is 14.5. The quantitative estimate of drug-likeness (QED) is 0.706. The van der Waals surface area contributed by atoms with Crippen molar-refractivity contribution >= 4 is 18.1 Å². The number of hydrazine groups is 2. The summed E-state index contributed by atoms with van der Waals surface area (Å²) < 4.78 is 25.6. The van der Waals surface area contributed by atoms with E-state index in [9.17, 15) is 9.18 Å². The number of ether oxygens (including phenoxy) is 2. The molecule has 10 nitrogen and oxygen atoms in total. The molecule has 1 amide bonds. The largest absolute Gasteiger partial charge is 0.484 e. The highest BCUT2D eigenvalue weighted by atomic mass is 19.1. The van der Waals surface area contributed by atoms with Crippen LogP contribution in [0.4, 0.5) is 14.9 Å². The highest BCUT2D eigenvalue weighted by Gasteiger charge is 2.28. The van der Waals surface area contributed by atoms with Gasteiger partial charge in [0.1, 0.15) is 24.4 Å². The Morgan fingerprint density at radius 2 is 2.03 bits per heavy atom. The van der Waals surface area contributed by atoms with Gasteiger partial charge in [0.15, 0.2) is 11.6 Å². The van der Waals surface area contributed by atoms with Crippen molar-refractivity contribution in [2.45, 2.75) is 51.7 Å². The number of hydrazone groups is 1. The number of carbonyl (C=O) groups excluding carboxylic acids is 1. The Kier molecular flexibility index (Phi) is 6.59. The standard InChI is InChI=1S/C22H28FN7O3/c1-22(2,3)33-21(31)29-10-7-15(8-11-29)20-24-9-6-16(26-20)13-32-19-5-4-17(12-18(19)23)30-14-25-27-28-30/h4-6,9,12,14-15,27-28H,7-8,10-11,13H2,1-3H3. The van der Waals surface area contributed by atoms with Gasteiger partial charge in [0.25, 0.3) is 0 Å². The second-order valence-electron chi connectivity index (χ2n) is 8.89. The van der Waals surface area contributed by atoms with Crippen LogP contribution in [0.2, 0.25) is 0 Å². The lowest BCUT2D eigenvalue weighted by atomic mass is 9.96. The number of hydrogen-bond donors (Lipinski definition) is 2. The Hall–Kier alpha value is -3.47. The first kappa shape index (κ1) is 22.7. The van der Waals surface area contributed by atoms with Crippen LogP contribution in [0.25, 0.3) is 0 Å². The summed E-state index contributed by atoms with van der Waals surface area (Å²) in [7, 11) is 0. The van der Waals surface area contributed by atoms with E-state index < -0.39 is 11.4 Å². The number of benzene rings is 1. The second-order valence-corrected chi connectivity index (χ2v) is 8.89. The smallest absolute Gasteiger partial charge is 0.410 e. The molecular formula is C22H28FN7O3. The number of amides is 1. The Bertz CT molecular complexity index is 1020. The van der Waals surface area contributed by atoms with E-state index in [1.165, 1.54) is 17.4 Å². The van der Waals surface area contributed by atoms with Gasteiger partial charge < -0.3 is 14.4 Å². The third-order valence-corrected chi connectivity index (χ3v) is 5.22. The summed E-state index contributed by atoms with van der Waals surface area (Å²) in [4.78, 5) is 23.0. The van der Waals surface area contributed by atoms with Crippen molar-refractivity contribution in [3.8, 4) is 5.75 Å². The van der Waals surface area contributed by atoms with Crippen LogP contribution in [0.1, 0.15) is 51.0 Å². The molecule has 1 aromatic heterocycles. The number of carbonyl (C=O) groups is 1. The summed E-state index contributed by atoms with van der Waals surface area (Å²) >= 11 is 0. The van der Waals surface area contributed by atoms with Gasteiger partial charge in [-0.2, -0.15) is 5.10 Å². The van der Waals surface area contributed by atoms with Crippen LogP contribution in [0.3, 0.4) is 0 Å². The van der Waals surface area contributed by atoms with Gasteiger partial charge in [-0.1, -0.05) is 0 Å². The van der Waals surface area contributed by atoms with Gasteiger partial charge in [0, 0.05) is 31.3 Å². The number of piperidine rings is 1. The molecule has 0 bridgehead atoms. The first-order valence-electron chi connectivity index (χ1n) is 10.8. The lowest BCUT2D eigenvalue weighted by Crippen LogP contribution is -2.41. The second kappa shape index (κ2) is 9.57. The Morgan fingerprint density at radius 1 is 1.24 bits per heavy atom. The molecule has 0 radical (unpaired) electrons. The summed E-state index contributed by atoms with van der Waals surface area (Å²) in [5.74, 6) is 0.498.